The lowest BCUT2D eigenvalue weighted by Gasteiger charge is -2.29. The molecule has 12 heteroatoms. The summed E-state index contributed by atoms with van der Waals surface area (Å²) in [4.78, 5) is 0. The summed E-state index contributed by atoms with van der Waals surface area (Å²) in [6, 6.07) is 9.17. The minimum Gasteiger partial charge on any atom is -0.429 e. The molecule has 0 amide bonds. The van der Waals surface area contributed by atoms with Crippen molar-refractivity contribution < 1.29 is 53.4 Å². The molecule has 0 bridgehead atoms. The lowest BCUT2D eigenvalue weighted by molar-refractivity contribution is -0.275. The molecule has 0 atom stereocenters. The van der Waals surface area contributed by atoms with Crippen molar-refractivity contribution in [3.8, 4) is 33.8 Å². The molecule has 0 unspecified atom stereocenters. The fourth-order valence-corrected chi connectivity index (χ4v) is 6.35. The van der Waals surface area contributed by atoms with Gasteiger partial charge >= 0.3 is 12.5 Å². The molecule has 1 aliphatic rings. The molecule has 262 valence electrons. The average Bonchev–Trinajstić information content (AvgIpc) is 3.01. The van der Waals surface area contributed by atoms with Crippen LogP contribution in [0.1, 0.15) is 75.3 Å². The van der Waals surface area contributed by atoms with E-state index in [9.17, 15) is 30.7 Å². The van der Waals surface area contributed by atoms with Gasteiger partial charge in [-0.15, -0.1) is 13.2 Å². The zero-order chi connectivity index (χ0) is 35.5. The van der Waals surface area contributed by atoms with Gasteiger partial charge in [0.1, 0.15) is 29.0 Å². The molecule has 0 radical (unpaired) electrons. The summed E-state index contributed by atoms with van der Waals surface area (Å²) in [7, 11) is 0. The van der Waals surface area contributed by atoms with E-state index < -0.39 is 69.7 Å². The Morgan fingerprint density at radius 2 is 1.31 bits per heavy atom. The number of ether oxygens (including phenoxy) is 2. The Kier molecular flexibility index (Phi) is 10.8. The molecule has 0 spiro atoms. The molecule has 0 aliphatic heterocycles. The van der Waals surface area contributed by atoms with Gasteiger partial charge in [-0.2, -0.15) is 8.78 Å². The van der Waals surface area contributed by atoms with Crippen LogP contribution in [0.2, 0.25) is 0 Å². The van der Waals surface area contributed by atoms with Gasteiger partial charge in [0.05, 0.1) is 11.1 Å². The summed E-state index contributed by atoms with van der Waals surface area (Å²) in [6.45, 7) is 2.17. The van der Waals surface area contributed by atoms with Crippen LogP contribution in [0.25, 0.3) is 22.3 Å². The van der Waals surface area contributed by atoms with Crippen molar-refractivity contribution in [3.05, 3.63) is 107 Å². The lowest BCUT2D eigenvalue weighted by atomic mass is 9.77. The molecule has 0 saturated heterocycles. The van der Waals surface area contributed by atoms with E-state index in [1.54, 1.807) is 6.07 Å². The van der Waals surface area contributed by atoms with E-state index in [0.29, 0.717) is 30.2 Å². The van der Waals surface area contributed by atoms with Crippen LogP contribution in [-0.2, 0) is 6.11 Å². The summed E-state index contributed by atoms with van der Waals surface area (Å²) >= 11 is 0. The maximum Gasteiger partial charge on any atom is 0.573 e. The Hall–Kier alpha value is -4.22. The molecule has 0 heterocycles. The van der Waals surface area contributed by atoms with Crippen LogP contribution in [0.15, 0.2) is 66.7 Å². The van der Waals surface area contributed by atoms with E-state index in [1.165, 1.54) is 37.8 Å². The maximum atomic E-state index is 15.3. The van der Waals surface area contributed by atoms with Gasteiger partial charge in [-0.1, -0.05) is 50.8 Å². The van der Waals surface area contributed by atoms with E-state index in [4.69, 9.17) is 0 Å². The zero-order valence-corrected chi connectivity index (χ0v) is 26.3. The van der Waals surface area contributed by atoms with Crippen LogP contribution in [0, 0.1) is 35.0 Å². The molecule has 0 N–H and O–H groups in total. The SMILES string of the molecule is CCCCCC1CCC(c2ccc(-c3cc(F)c(-c4ccc(C(F)(F)Oc5ccc(OC(F)(F)F)c(F)c5)c(F)c4)c(F)c3)c(F)c2)CC1. The fourth-order valence-electron chi connectivity index (χ4n) is 6.35. The molecular formula is C37H32F10O2. The van der Waals surface area contributed by atoms with Gasteiger partial charge in [-0.3, -0.25) is 0 Å². The quantitative estimate of drug-likeness (QED) is 0.115. The highest BCUT2D eigenvalue weighted by molar-refractivity contribution is 5.72. The van der Waals surface area contributed by atoms with E-state index in [0.717, 1.165) is 49.4 Å². The number of halogens is 10. The monoisotopic (exact) mass is 698 g/mol. The number of hydrogen-bond acceptors (Lipinski definition) is 2. The van der Waals surface area contributed by atoms with E-state index in [2.05, 4.69) is 16.4 Å². The molecule has 5 rings (SSSR count). The Balaban J connectivity index is 1.31. The normalized spacial score (nSPS) is 16.9. The molecule has 49 heavy (non-hydrogen) atoms. The van der Waals surface area contributed by atoms with Gasteiger partial charge in [0.25, 0.3) is 0 Å². The second-order valence-corrected chi connectivity index (χ2v) is 12.2. The van der Waals surface area contributed by atoms with Crippen LogP contribution in [0.3, 0.4) is 0 Å². The van der Waals surface area contributed by atoms with Gasteiger partial charge in [0.2, 0.25) is 0 Å². The minimum absolute atomic E-state index is 0.0471. The summed E-state index contributed by atoms with van der Waals surface area (Å²) in [5, 5.41) is 0. The number of alkyl halides is 5. The fraction of sp³-hybridized carbons (Fsp3) is 0.351. The molecule has 1 saturated carbocycles. The third-order valence-corrected chi connectivity index (χ3v) is 8.83. The Bertz CT molecular complexity index is 1750. The first-order valence-electron chi connectivity index (χ1n) is 15.9. The van der Waals surface area contributed by atoms with Gasteiger partial charge in [0.15, 0.2) is 11.6 Å². The van der Waals surface area contributed by atoms with Crippen LogP contribution in [-0.4, -0.2) is 6.36 Å². The van der Waals surface area contributed by atoms with Gasteiger partial charge < -0.3 is 9.47 Å². The predicted octanol–water partition coefficient (Wildman–Crippen LogP) is 12.6. The minimum atomic E-state index is -5.24. The first-order valence-corrected chi connectivity index (χ1v) is 15.9. The van der Waals surface area contributed by atoms with Crippen molar-refractivity contribution >= 4 is 0 Å². The van der Waals surface area contributed by atoms with Gasteiger partial charge in [0, 0.05) is 11.6 Å². The van der Waals surface area contributed by atoms with Crippen LogP contribution >= 0.6 is 0 Å². The lowest BCUT2D eigenvalue weighted by Crippen LogP contribution is -2.23. The molecule has 4 aromatic rings. The highest BCUT2D eigenvalue weighted by atomic mass is 19.4. The second kappa shape index (κ2) is 14.7. The van der Waals surface area contributed by atoms with Crippen molar-refractivity contribution in [2.75, 3.05) is 0 Å². The highest BCUT2D eigenvalue weighted by Crippen LogP contribution is 2.41. The van der Waals surface area contributed by atoms with Crippen molar-refractivity contribution in [2.24, 2.45) is 5.92 Å². The second-order valence-electron chi connectivity index (χ2n) is 12.2. The highest BCUT2D eigenvalue weighted by Gasteiger charge is 2.39. The van der Waals surface area contributed by atoms with E-state index >= 15 is 13.2 Å². The van der Waals surface area contributed by atoms with Crippen LogP contribution in [0.4, 0.5) is 43.9 Å². The molecule has 4 aromatic carbocycles. The number of rotatable bonds is 11. The molecule has 0 aromatic heterocycles. The van der Waals surface area contributed by atoms with E-state index in [1.807, 2.05) is 0 Å². The summed E-state index contributed by atoms with van der Waals surface area (Å²) in [5.74, 6) is -7.79. The third kappa shape index (κ3) is 8.69. The number of benzene rings is 4. The Morgan fingerprint density at radius 3 is 1.90 bits per heavy atom. The number of unbranched alkanes of at least 4 members (excludes halogenated alkanes) is 2. The molecule has 1 fully saturated rings. The third-order valence-electron chi connectivity index (χ3n) is 8.83. The predicted molar refractivity (Wildman–Crippen MR) is 164 cm³/mol. The topological polar surface area (TPSA) is 18.5 Å². The van der Waals surface area contributed by atoms with Crippen molar-refractivity contribution in [1.29, 1.82) is 0 Å². The summed E-state index contributed by atoms with van der Waals surface area (Å²) in [5.41, 5.74) is -1.96. The molecular weight excluding hydrogens is 666 g/mol. The first-order chi connectivity index (χ1) is 23.1. The smallest absolute Gasteiger partial charge is 0.429 e. The van der Waals surface area contributed by atoms with Crippen LogP contribution < -0.4 is 9.47 Å². The molecule has 1 aliphatic carbocycles. The van der Waals surface area contributed by atoms with Gasteiger partial charge in [-0.05, 0) is 96.7 Å². The summed E-state index contributed by atoms with van der Waals surface area (Å²) < 4.78 is 149. The largest absolute Gasteiger partial charge is 0.573 e. The maximum absolute atomic E-state index is 15.3. The van der Waals surface area contributed by atoms with Crippen molar-refractivity contribution in [3.63, 3.8) is 0 Å². The Morgan fingerprint density at radius 1 is 0.633 bits per heavy atom. The van der Waals surface area contributed by atoms with E-state index in [-0.39, 0.29) is 23.1 Å². The number of hydrogen-bond donors (Lipinski definition) is 0. The average molecular weight is 699 g/mol. The zero-order valence-electron chi connectivity index (χ0n) is 26.3. The standard InChI is InChI=1S/C37H32F10O2/c1-2-3-4-5-21-6-8-22(9-7-21)23-10-13-27(29(38)16-23)25-18-32(41)35(33(42)19-25)24-11-14-28(30(39)17-24)36(43,44)48-26-12-15-34(31(40)20-26)49-37(45,46)47/h10-22H,2-9H2,1H3. The van der Waals surface area contributed by atoms with Crippen molar-refractivity contribution in [1.82, 2.24) is 0 Å². The van der Waals surface area contributed by atoms with Crippen molar-refractivity contribution in [2.45, 2.75) is 76.7 Å². The first kappa shape index (κ1) is 36.1. The summed E-state index contributed by atoms with van der Waals surface area (Å²) in [6.07, 6.45) is -0.920. The molecule has 2 nitrogen and oxygen atoms in total. The van der Waals surface area contributed by atoms with Gasteiger partial charge in [-0.25, -0.2) is 22.0 Å². The van der Waals surface area contributed by atoms with Crippen LogP contribution in [0.5, 0.6) is 11.5 Å². The Labute approximate surface area is 276 Å².